The molecule has 2 aliphatic rings. The topological polar surface area (TPSA) is 89.4 Å². The molecule has 0 bridgehead atoms. The Morgan fingerprint density at radius 2 is 1.32 bits per heavy atom. The van der Waals surface area contributed by atoms with E-state index in [4.69, 9.17) is 11.5 Å². The predicted molar refractivity (Wildman–Crippen MR) is 124 cm³/mol. The van der Waals surface area contributed by atoms with Crippen molar-refractivity contribution < 1.29 is 9.59 Å². The summed E-state index contributed by atoms with van der Waals surface area (Å²) in [5, 5.41) is 0. The van der Waals surface area contributed by atoms with Gasteiger partial charge in [0.05, 0.1) is 11.1 Å². The summed E-state index contributed by atoms with van der Waals surface area (Å²) in [6, 6.07) is 15.4. The third kappa shape index (κ3) is 2.92. The molecule has 1 aliphatic heterocycles. The summed E-state index contributed by atoms with van der Waals surface area (Å²) in [6.07, 6.45) is 3.43. The molecule has 1 heterocycles. The minimum atomic E-state index is -0.226. The molecule has 1 aliphatic carbocycles. The molecular formula is C26H25N3O2. The fraction of sp³-hybridized carbons (Fsp3) is 0.231. The van der Waals surface area contributed by atoms with E-state index in [0.29, 0.717) is 35.6 Å². The Labute approximate surface area is 181 Å². The van der Waals surface area contributed by atoms with Gasteiger partial charge in [0.2, 0.25) is 0 Å². The number of anilines is 3. The number of carbonyl (C=O) groups excluding carboxylic acids is 2. The van der Waals surface area contributed by atoms with Crippen LogP contribution in [-0.4, -0.2) is 11.6 Å². The molecule has 5 rings (SSSR count). The number of nitrogens with two attached hydrogens (primary N) is 2. The number of unbranched alkanes of at least 4 members (excludes halogenated alkanes) is 1. The molecule has 5 heteroatoms. The minimum Gasteiger partial charge on any atom is -0.398 e. The van der Waals surface area contributed by atoms with Gasteiger partial charge in [0.25, 0.3) is 0 Å². The van der Waals surface area contributed by atoms with E-state index in [0.717, 1.165) is 23.2 Å². The number of benzene rings is 3. The summed E-state index contributed by atoms with van der Waals surface area (Å²) in [6.45, 7) is 3.32. The van der Waals surface area contributed by atoms with Gasteiger partial charge in [0, 0.05) is 52.4 Å². The van der Waals surface area contributed by atoms with E-state index in [1.54, 1.807) is 24.3 Å². The summed E-state index contributed by atoms with van der Waals surface area (Å²) in [4.78, 5) is 28.6. The Kier molecular flexibility index (Phi) is 4.54. The van der Waals surface area contributed by atoms with E-state index in [9.17, 15) is 9.59 Å². The number of carbonyl (C=O) groups is 2. The lowest BCUT2D eigenvalue weighted by molar-refractivity contribution is 0.0980. The van der Waals surface area contributed by atoms with Crippen LogP contribution < -0.4 is 16.4 Å². The van der Waals surface area contributed by atoms with E-state index in [1.165, 1.54) is 18.4 Å². The quantitative estimate of drug-likeness (QED) is 0.381. The zero-order valence-corrected chi connectivity index (χ0v) is 17.6. The maximum absolute atomic E-state index is 13.2. The standard InChI is InChI=1S/C26H25N3O2/c1-2-3-6-15-9-11-16(12-10-15)29-13-19-20(14-29)24(28)22-21(23(19)27)25(30)17-7-4-5-8-18(17)26(22)31/h4-5,7-12H,2-3,6,13-14,27-28H2,1H3. The second-order valence-corrected chi connectivity index (χ2v) is 8.36. The largest absolute Gasteiger partial charge is 0.398 e. The highest BCUT2D eigenvalue weighted by Gasteiger charge is 2.37. The highest BCUT2D eigenvalue weighted by Crippen LogP contribution is 2.43. The molecule has 0 aromatic heterocycles. The van der Waals surface area contributed by atoms with E-state index < -0.39 is 0 Å². The molecule has 0 spiro atoms. The zero-order chi connectivity index (χ0) is 21.7. The highest BCUT2D eigenvalue weighted by molar-refractivity contribution is 6.32. The molecule has 0 unspecified atom stereocenters. The molecule has 5 nitrogen and oxygen atoms in total. The normalized spacial score (nSPS) is 14.4. The van der Waals surface area contributed by atoms with Crippen molar-refractivity contribution in [2.24, 2.45) is 0 Å². The van der Waals surface area contributed by atoms with E-state index in [1.807, 2.05) is 0 Å². The number of hydrogen-bond acceptors (Lipinski definition) is 5. The van der Waals surface area contributed by atoms with Crippen LogP contribution in [0.2, 0.25) is 0 Å². The molecule has 0 fully saturated rings. The first-order valence-electron chi connectivity index (χ1n) is 10.8. The molecule has 0 amide bonds. The highest BCUT2D eigenvalue weighted by atomic mass is 16.1. The van der Waals surface area contributed by atoms with E-state index in [2.05, 4.69) is 36.1 Å². The smallest absolute Gasteiger partial charge is 0.196 e. The molecule has 3 aromatic rings. The Morgan fingerprint density at radius 3 is 1.81 bits per heavy atom. The molecule has 156 valence electrons. The van der Waals surface area contributed by atoms with Crippen LogP contribution in [0.3, 0.4) is 0 Å². The summed E-state index contributed by atoms with van der Waals surface area (Å²) in [5.41, 5.74) is 19.2. The van der Waals surface area contributed by atoms with Crippen LogP contribution >= 0.6 is 0 Å². The average Bonchev–Trinajstić information content (AvgIpc) is 3.25. The van der Waals surface area contributed by atoms with Crippen LogP contribution in [0.4, 0.5) is 17.1 Å². The molecule has 0 saturated carbocycles. The average molecular weight is 412 g/mol. The van der Waals surface area contributed by atoms with Gasteiger partial charge in [-0.1, -0.05) is 49.7 Å². The molecule has 0 saturated heterocycles. The summed E-state index contributed by atoms with van der Waals surface area (Å²) in [5.74, 6) is -0.452. The van der Waals surface area contributed by atoms with Crippen LogP contribution in [0.5, 0.6) is 0 Å². The minimum absolute atomic E-state index is 0.226. The summed E-state index contributed by atoms with van der Waals surface area (Å²) in [7, 11) is 0. The molecular weight excluding hydrogens is 386 g/mol. The van der Waals surface area contributed by atoms with E-state index in [-0.39, 0.29) is 22.7 Å². The molecule has 0 radical (unpaired) electrons. The van der Waals surface area contributed by atoms with Crippen LogP contribution in [0.1, 0.15) is 68.3 Å². The lowest BCUT2D eigenvalue weighted by Gasteiger charge is -2.22. The van der Waals surface area contributed by atoms with Crippen LogP contribution in [0.25, 0.3) is 0 Å². The Balaban J connectivity index is 1.54. The number of aryl methyl sites for hydroxylation is 1. The third-order valence-electron chi connectivity index (χ3n) is 6.49. The first-order chi connectivity index (χ1) is 15.0. The van der Waals surface area contributed by atoms with Crippen molar-refractivity contribution in [3.63, 3.8) is 0 Å². The first-order valence-corrected chi connectivity index (χ1v) is 10.8. The molecule has 3 aromatic carbocycles. The second-order valence-electron chi connectivity index (χ2n) is 8.36. The van der Waals surface area contributed by atoms with Crippen LogP contribution in [-0.2, 0) is 19.5 Å². The van der Waals surface area contributed by atoms with E-state index >= 15 is 0 Å². The molecule has 31 heavy (non-hydrogen) atoms. The number of ketones is 2. The lowest BCUT2D eigenvalue weighted by Crippen LogP contribution is -2.25. The molecule has 4 N–H and O–H groups in total. The van der Waals surface area contributed by atoms with Crippen molar-refractivity contribution >= 4 is 28.6 Å². The number of nitrogen functional groups attached to an aromatic ring is 2. The van der Waals surface area contributed by atoms with Crippen LogP contribution in [0.15, 0.2) is 48.5 Å². The maximum Gasteiger partial charge on any atom is 0.196 e. The maximum atomic E-state index is 13.2. The fourth-order valence-corrected chi connectivity index (χ4v) is 4.75. The van der Waals surface area contributed by atoms with Crippen molar-refractivity contribution in [3.8, 4) is 0 Å². The van der Waals surface area contributed by atoms with Crippen molar-refractivity contribution in [3.05, 3.63) is 87.5 Å². The van der Waals surface area contributed by atoms with Gasteiger partial charge in [-0.3, -0.25) is 9.59 Å². The Bertz CT molecular complexity index is 1160. The summed E-state index contributed by atoms with van der Waals surface area (Å²) < 4.78 is 0. The van der Waals surface area contributed by atoms with Crippen molar-refractivity contribution in [1.29, 1.82) is 0 Å². The monoisotopic (exact) mass is 411 g/mol. The third-order valence-corrected chi connectivity index (χ3v) is 6.49. The van der Waals surface area contributed by atoms with Gasteiger partial charge < -0.3 is 16.4 Å². The number of fused-ring (bicyclic) bond motifs is 3. The van der Waals surface area contributed by atoms with Crippen molar-refractivity contribution in [2.45, 2.75) is 39.3 Å². The van der Waals surface area contributed by atoms with Gasteiger partial charge in [0.15, 0.2) is 11.6 Å². The molecule has 0 atom stereocenters. The predicted octanol–water partition coefficient (Wildman–Crippen LogP) is 4.49. The zero-order valence-electron chi connectivity index (χ0n) is 17.6. The Morgan fingerprint density at radius 1 is 0.806 bits per heavy atom. The van der Waals surface area contributed by atoms with Gasteiger partial charge in [-0.15, -0.1) is 0 Å². The van der Waals surface area contributed by atoms with Crippen molar-refractivity contribution in [2.75, 3.05) is 16.4 Å². The van der Waals surface area contributed by atoms with Gasteiger partial charge in [-0.05, 0) is 30.5 Å². The fourth-order valence-electron chi connectivity index (χ4n) is 4.75. The van der Waals surface area contributed by atoms with Crippen LogP contribution in [0, 0.1) is 0 Å². The van der Waals surface area contributed by atoms with Gasteiger partial charge in [-0.2, -0.15) is 0 Å². The SMILES string of the molecule is CCCCc1ccc(N2Cc3c(N)c4c(c(N)c3C2)C(=O)c2ccccc2C4=O)cc1. The van der Waals surface area contributed by atoms with Gasteiger partial charge in [0.1, 0.15) is 0 Å². The Hall–Kier alpha value is -3.60. The summed E-state index contributed by atoms with van der Waals surface area (Å²) >= 11 is 0. The van der Waals surface area contributed by atoms with Crippen molar-refractivity contribution in [1.82, 2.24) is 0 Å². The number of hydrogen-bond donors (Lipinski definition) is 2. The first kappa shape index (κ1) is 19.4. The number of nitrogens with zero attached hydrogens (tertiary/aromatic N) is 1. The second kappa shape index (κ2) is 7.27. The van der Waals surface area contributed by atoms with Gasteiger partial charge in [-0.25, -0.2) is 0 Å². The lowest BCUT2D eigenvalue weighted by atomic mass is 9.80. The van der Waals surface area contributed by atoms with Gasteiger partial charge >= 0.3 is 0 Å². The number of rotatable bonds is 4.